The van der Waals surface area contributed by atoms with Crippen LogP contribution in [-0.4, -0.2) is 14.2 Å². The summed E-state index contributed by atoms with van der Waals surface area (Å²) in [6.07, 6.45) is 0. The third-order valence-corrected chi connectivity index (χ3v) is 3.47. The van der Waals surface area contributed by atoms with Gasteiger partial charge in [0, 0.05) is 25.3 Å². The lowest BCUT2D eigenvalue weighted by Crippen LogP contribution is -2.19. The van der Waals surface area contributed by atoms with Gasteiger partial charge in [0.05, 0.1) is 7.11 Å². The monoisotopic (exact) mass is 270 g/mol. The number of methoxy groups -OCH3 is 1. The average molecular weight is 270 g/mol. The number of rotatable bonds is 6. The fourth-order valence-electron chi connectivity index (χ4n) is 2.23. The predicted octanol–water partition coefficient (Wildman–Crippen LogP) is 3.59. The molecule has 0 saturated heterocycles. The zero-order valence-corrected chi connectivity index (χ0v) is 12.3. The van der Waals surface area contributed by atoms with Crippen LogP contribution < -0.4 is 15.4 Å². The van der Waals surface area contributed by atoms with E-state index in [1.165, 1.54) is 16.8 Å². The number of ether oxygens (including phenoxy) is 1. The van der Waals surface area contributed by atoms with Crippen LogP contribution in [0.2, 0.25) is 0 Å². The van der Waals surface area contributed by atoms with Crippen LogP contribution in [0.5, 0.6) is 5.75 Å². The van der Waals surface area contributed by atoms with Gasteiger partial charge >= 0.3 is 0 Å². The van der Waals surface area contributed by atoms with E-state index >= 15 is 0 Å². The summed E-state index contributed by atoms with van der Waals surface area (Å²) in [7, 11) is 3.64. The van der Waals surface area contributed by atoms with E-state index in [1.54, 1.807) is 7.11 Å². The number of anilines is 1. The Hall–Kier alpha value is -2.00. The van der Waals surface area contributed by atoms with Crippen molar-refractivity contribution in [3.05, 3.63) is 59.7 Å². The fraction of sp³-hybridized carbons (Fsp3) is 0.294. The van der Waals surface area contributed by atoms with E-state index in [2.05, 4.69) is 47.9 Å². The van der Waals surface area contributed by atoms with Gasteiger partial charge in [0.25, 0.3) is 0 Å². The van der Waals surface area contributed by atoms with Crippen LogP contribution in [0.4, 0.5) is 5.69 Å². The molecule has 2 N–H and O–H groups in total. The first-order chi connectivity index (χ1) is 9.74. The van der Waals surface area contributed by atoms with Crippen LogP contribution in [0.3, 0.4) is 0 Å². The molecular weight excluding hydrogens is 248 g/mol. The maximum atomic E-state index is 5.17. The molecular formula is C17H22N2O. The number of nitrogens with one attached hydrogen (secondary N) is 2. The maximum Gasteiger partial charge on any atom is 0.118 e. The van der Waals surface area contributed by atoms with Crippen molar-refractivity contribution in [2.45, 2.75) is 19.5 Å². The lowest BCUT2D eigenvalue weighted by atomic mass is 10.1. The first-order valence-corrected chi connectivity index (χ1v) is 6.87. The topological polar surface area (TPSA) is 33.3 Å². The van der Waals surface area contributed by atoms with Gasteiger partial charge in [-0.2, -0.15) is 0 Å². The molecule has 0 saturated carbocycles. The Balaban J connectivity index is 1.98. The highest BCUT2D eigenvalue weighted by atomic mass is 16.5. The number of benzene rings is 2. The van der Waals surface area contributed by atoms with Gasteiger partial charge in [-0.15, -0.1) is 0 Å². The summed E-state index contributed by atoms with van der Waals surface area (Å²) in [5.41, 5.74) is 3.70. The van der Waals surface area contributed by atoms with Gasteiger partial charge in [0.2, 0.25) is 0 Å². The normalized spacial score (nSPS) is 11.9. The molecule has 1 unspecified atom stereocenters. The Kier molecular flexibility index (Phi) is 5.02. The summed E-state index contributed by atoms with van der Waals surface area (Å²) < 4.78 is 5.17. The van der Waals surface area contributed by atoms with Crippen molar-refractivity contribution >= 4 is 5.69 Å². The lowest BCUT2D eigenvalue weighted by molar-refractivity contribution is 0.414. The highest BCUT2D eigenvalue weighted by Crippen LogP contribution is 2.22. The summed E-state index contributed by atoms with van der Waals surface area (Å²) >= 11 is 0. The minimum atomic E-state index is 0.292. The quantitative estimate of drug-likeness (QED) is 0.841. The molecule has 3 nitrogen and oxygen atoms in total. The summed E-state index contributed by atoms with van der Waals surface area (Å²) in [4.78, 5) is 0. The SMILES string of the molecule is CNc1ccccc1C(C)NCc1ccc(OC)cc1. The Morgan fingerprint density at radius 1 is 1.05 bits per heavy atom. The van der Waals surface area contributed by atoms with Crippen LogP contribution in [0.15, 0.2) is 48.5 Å². The second kappa shape index (κ2) is 6.96. The van der Waals surface area contributed by atoms with Gasteiger partial charge in [0.15, 0.2) is 0 Å². The van der Waals surface area contributed by atoms with Crippen LogP contribution >= 0.6 is 0 Å². The highest BCUT2D eigenvalue weighted by molar-refractivity contribution is 5.51. The Morgan fingerprint density at radius 3 is 2.40 bits per heavy atom. The first kappa shape index (κ1) is 14.4. The number of para-hydroxylation sites is 1. The van der Waals surface area contributed by atoms with Crippen LogP contribution in [0.1, 0.15) is 24.1 Å². The number of hydrogen-bond donors (Lipinski definition) is 2. The third-order valence-electron chi connectivity index (χ3n) is 3.47. The summed E-state index contributed by atoms with van der Waals surface area (Å²) in [5, 5.41) is 6.78. The van der Waals surface area contributed by atoms with E-state index in [0.29, 0.717) is 6.04 Å². The first-order valence-electron chi connectivity index (χ1n) is 6.87. The van der Waals surface area contributed by atoms with Crippen molar-refractivity contribution in [2.24, 2.45) is 0 Å². The van der Waals surface area contributed by atoms with Crippen LogP contribution in [-0.2, 0) is 6.54 Å². The fourth-order valence-corrected chi connectivity index (χ4v) is 2.23. The molecule has 2 aromatic rings. The van der Waals surface area contributed by atoms with Gasteiger partial charge in [-0.3, -0.25) is 0 Å². The second-order valence-electron chi connectivity index (χ2n) is 4.79. The minimum Gasteiger partial charge on any atom is -0.497 e. The van der Waals surface area contributed by atoms with Gasteiger partial charge in [-0.25, -0.2) is 0 Å². The molecule has 2 aromatic carbocycles. The van der Waals surface area contributed by atoms with E-state index in [0.717, 1.165) is 12.3 Å². The zero-order valence-electron chi connectivity index (χ0n) is 12.3. The van der Waals surface area contributed by atoms with Gasteiger partial charge < -0.3 is 15.4 Å². The highest BCUT2D eigenvalue weighted by Gasteiger charge is 2.08. The van der Waals surface area contributed by atoms with Crippen molar-refractivity contribution < 1.29 is 4.74 Å². The minimum absolute atomic E-state index is 0.292. The standard InChI is InChI=1S/C17H22N2O/c1-13(16-6-4-5-7-17(16)18-2)19-12-14-8-10-15(20-3)11-9-14/h4-11,13,18-19H,12H2,1-3H3. The molecule has 0 radical (unpaired) electrons. The number of hydrogen-bond acceptors (Lipinski definition) is 3. The van der Waals surface area contributed by atoms with E-state index in [1.807, 2.05) is 25.2 Å². The smallest absolute Gasteiger partial charge is 0.118 e. The molecule has 0 aliphatic carbocycles. The summed E-state index contributed by atoms with van der Waals surface area (Å²) in [6, 6.07) is 16.8. The van der Waals surface area contributed by atoms with Crippen molar-refractivity contribution in [3.8, 4) is 5.75 Å². The van der Waals surface area contributed by atoms with E-state index in [4.69, 9.17) is 4.74 Å². The van der Waals surface area contributed by atoms with Crippen molar-refractivity contribution in [2.75, 3.05) is 19.5 Å². The molecule has 0 spiro atoms. The Labute approximate surface area is 121 Å². The molecule has 0 aliphatic heterocycles. The molecule has 1 atom stereocenters. The van der Waals surface area contributed by atoms with Crippen molar-refractivity contribution in [1.29, 1.82) is 0 Å². The van der Waals surface area contributed by atoms with E-state index in [-0.39, 0.29) is 0 Å². The van der Waals surface area contributed by atoms with Crippen molar-refractivity contribution in [3.63, 3.8) is 0 Å². The molecule has 0 amide bonds. The molecule has 0 bridgehead atoms. The molecule has 0 aliphatic rings. The molecule has 20 heavy (non-hydrogen) atoms. The summed E-state index contributed by atoms with van der Waals surface area (Å²) in [5.74, 6) is 0.891. The predicted molar refractivity (Wildman–Crippen MR) is 84.2 cm³/mol. The molecule has 0 aromatic heterocycles. The Bertz CT molecular complexity index is 537. The third kappa shape index (κ3) is 3.52. The van der Waals surface area contributed by atoms with Gasteiger partial charge in [0.1, 0.15) is 5.75 Å². The molecule has 2 rings (SSSR count). The zero-order chi connectivity index (χ0) is 14.4. The maximum absolute atomic E-state index is 5.17. The largest absolute Gasteiger partial charge is 0.497 e. The lowest BCUT2D eigenvalue weighted by Gasteiger charge is -2.18. The van der Waals surface area contributed by atoms with E-state index in [9.17, 15) is 0 Å². The Morgan fingerprint density at radius 2 is 1.75 bits per heavy atom. The van der Waals surface area contributed by atoms with Gasteiger partial charge in [-0.05, 0) is 36.2 Å². The molecule has 0 fully saturated rings. The molecule has 3 heteroatoms. The average Bonchev–Trinajstić information content (AvgIpc) is 2.53. The van der Waals surface area contributed by atoms with Crippen LogP contribution in [0, 0.1) is 0 Å². The molecule has 106 valence electrons. The van der Waals surface area contributed by atoms with Crippen LogP contribution in [0.25, 0.3) is 0 Å². The summed E-state index contributed by atoms with van der Waals surface area (Å²) in [6.45, 7) is 3.02. The van der Waals surface area contributed by atoms with E-state index < -0.39 is 0 Å². The second-order valence-corrected chi connectivity index (χ2v) is 4.79. The van der Waals surface area contributed by atoms with Gasteiger partial charge in [-0.1, -0.05) is 30.3 Å². The van der Waals surface area contributed by atoms with Crippen molar-refractivity contribution in [1.82, 2.24) is 5.32 Å². The molecule has 0 heterocycles.